The highest BCUT2D eigenvalue weighted by atomic mass is 19.4. The minimum atomic E-state index is -4.91. The lowest BCUT2D eigenvalue weighted by Crippen LogP contribution is -2.23. The van der Waals surface area contributed by atoms with E-state index in [1.54, 1.807) is 0 Å². The van der Waals surface area contributed by atoms with Gasteiger partial charge in [0.15, 0.2) is 0 Å². The molecule has 1 rings (SSSR count). The van der Waals surface area contributed by atoms with Gasteiger partial charge in [-0.15, -0.1) is 0 Å². The smallest absolute Gasteiger partial charge is 0.390 e. The Morgan fingerprint density at radius 3 is 2.20 bits per heavy atom. The lowest BCUT2D eigenvalue weighted by molar-refractivity contribution is -0.144. The van der Waals surface area contributed by atoms with Crippen LogP contribution < -0.4 is 0 Å². The molecule has 0 aliphatic carbocycles. The van der Waals surface area contributed by atoms with Crippen molar-refractivity contribution in [3.8, 4) is 0 Å². The van der Waals surface area contributed by atoms with E-state index in [9.17, 15) is 22.0 Å². The maximum atomic E-state index is 12.9. The van der Waals surface area contributed by atoms with Gasteiger partial charge in [-0.2, -0.15) is 22.0 Å². The standard InChI is InChI=1S/C8H6F5NO/c9-7(10,4-15)5-1-2-14-3-6(5)8(11,12)13/h1-3,15H,4H2. The Morgan fingerprint density at radius 1 is 1.13 bits per heavy atom. The maximum Gasteiger partial charge on any atom is 0.418 e. The summed E-state index contributed by atoms with van der Waals surface area (Å²) in [6.07, 6.45) is -3.80. The number of rotatable bonds is 2. The van der Waals surface area contributed by atoms with Gasteiger partial charge in [0.25, 0.3) is 5.92 Å². The van der Waals surface area contributed by atoms with Crippen LogP contribution in [0.5, 0.6) is 0 Å². The first-order chi connectivity index (χ1) is 6.79. The molecule has 1 heterocycles. The maximum absolute atomic E-state index is 12.9. The molecule has 0 aliphatic rings. The third-order valence-corrected chi connectivity index (χ3v) is 1.72. The molecule has 1 aromatic rings. The molecule has 0 saturated heterocycles. The van der Waals surface area contributed by atoms with Gasteiger partial charge in [0, 0.05) is 18.0 Å². The Morgan fingerprint density at radius 2 is 1.73 bits per heavy atom. The number of alkyl halides is 5. The summed E-state index contributed by atoms with van der Waals surface area (Å²) in [5.74, 6) is -3.92. The number of nitrogens with zero attached hydrogens (tertiary/aromatic N) is 1. The van der Waals surface area contributed by atoms with Crippen LogP contribution in [0.1, 0.15) is 11.1 Å². The number of hydrogen-bond donors (Lipinski definition) is 1. The van der Waals surface area contributed by atoms with Crippen LogP contribution in [0.3, 0.4) is 0 Å². The fraction of sp³-hybridized carbons (Fsp3) is 0.375. The van der Waals surface area contributed by atoms with Crippen LogP contribution in [0, 0.1) is 0 Å². The van der Waals surface area contributed by atoms with Crippen molar-refractivity contribution in [2.45, 2.75) is 12.1 Å². The third kappa shape index (κ3) is 2.41. The molecular weight excluding hydrogens is 221 g/mol. The van der Waals surface area contributed by atoms with E-state index in [1.807, 2.05) is 0 Å². The van der Waals surface area contributed by atoms with E-state index >= 15 is 0 Å². The summed E-state index contributed by atoms with van der Waals surface area (Å²) in [6.45, 7) is -1.68. The van der Waals surface area contributed by atoms with E-state index in [2.05, 4.69) is 4.98 Å². The molecule has 0 saturated carbocycles. The summed E-state index contributed by atoms with van der Waals surface area (Å²) in [5, 5.41) is 8.30. The Bertz CT molecular complexity index is 349. The lowest BCUT2D eigenvalue weighted by atomic mass is 10.0. The molecule has 0 spiro atoms. The van der Waals surface area contributed by atoms with Crippen LogP contribution in [0.2, 0.25) is 0 Å². The summed E-state index contributed by atoms with van der Waals surface area (Å²) in [5.41, 5.74) is -2.81. The highest BCUT2D eigenvalue weighted by Gasteiger charge is 2.42. The largest absolute Gasteiger partial charge is 0.418 e. The van der Waals surface area contributed by atoms with Gasteiger partial charge in [0.05, 0.1) is 5.56 Å². The monoisotopic (exact) mass is 227 g/mol. The molecule has 0 fully saturated rings. The second kappa shape index (κ2) is 3.73. The van der Waals surface area contributed by atoms with Gasteiger partial charge in [-0.25, -0.2) is 0 Å². The Hall–Kier alpha value is -1.24. The molecule has 15 heavy (non-hydrogen) atoms. The molecule has 84 valence electrons. The average molecular weight is 227 g/mol. The molecule has 1 aromatic heterocycles. The number of halogens is 5. The Kier molecular flexibility index (Phi) is 2.94. The van der Waals surface area contributed by atoms with Crippen molar-refractivity contribution in [1.29, 1.82) is 0 Å². The summed E-state index contributed by atoms with van der Waals surface area (Å²) in [7, 11) is 0. The van der Waals surface area contributed by atoms with Crippen LogP contribution in [-0.4, -0.2) is 16.7 Å². The highest BCUT2D eigenvalue weighted by molar-refractivity contribution is 5.30. The topological polar surface area (TPSA) is 33.1 Å². The van der Waals surface area contributed by atoms with Crippen molar-refractivity contribution in [2.75, 3.05) is 6.61 Å². The van der Waals surface area contributed by atoms with Crippen molar-refractivity contribution in [3.05, 3.63) is 29.6 Å². The summed E-state index contributed by atoms with van der Waals surface area (Å²) in [6, 6.07) is 0.541. The SMILES string of the molecule is OCC(F)(F)c1ccncc1C(F)(F)F. The fourth-order valence-electron chi connectivity index (χ4n) is 1.02. The van der Waals surface area contributed by atoms with Gasteiger partial charge in [0.2, 0.25) is 0 Å². The van der Waals surface area contributed by atoms with Crippen molar-refractivity contribution < 1.29 is 27.1 Å². The molecule has 0 amide bonds. The third-order valence-electron chi connectivity index (χ3n) is 1.72. The number of aliphatic hydroxyl groups is 1. The molecule has 2 nitrogen and oxygen atoms in total. The van der Waals surface area contributed by atoms with Gasteiger partial charge >= 0.3 is 6.18 Å². The average Bonchev–Trinajstić information content (AvgIpc) is 2.16. The normalized spacial score (nSPS) is 12.9. The predicted molar refractivity (Wildman–Crippen MR) is 40.2 cm³/mol. The van der Waals surface area contributed by atoms with Crippen molar-refractivity contribution in [1.82, 2.24) is 4.98 Å². The molecular formula is C8H6F5NO. The van der Waals surface area contributed by atoms with E-state index in [-0.39, 0.29) is 0 Å². The van der Waals surface area contributed by atoms with Crippen LogP contribution in [0.4, 0.5) is 22.0 Å². The van der Waals surface area contributed by atoms with E-state index in [0.29, 0.717) is 12.3 Å². The van der Waals surface area contributed by atoms with Gasteiger partial charge in [0.1, 0.15) is 6.61 Å². The van der Waals surface area contributed by atoms with Crippen LogP contribution in [0.15, 0.2) is 18.5 Å². The van der Waals surface area contributed by atoms with Gasteiger partial charge in [-0.05, 0) is 6.07 Å². The molecule has 0 radical (unpaired) electrons. The second-order valence-corrected chi connectivity index (χ2v) is 2.78. The van der Waals surface area contributed by atoms with Crippen molar-refractivity contribution in [3.63, 3.8) is 0 Å². The molecule has 7 heteroatoms. The molecule has 1 N–H and O–H groups in total. The zero-order valence-electron chi connectivity index (χ0n) is 7.22. The zero-order valence-corrected chi connectivity index (χ0v) is 7.22. The fourth-order valence-corrected chi connectivity index (χ4v) is 1.02. The first kappa shape index (κ1) is 11.8. The van der Waals surface area contributed by atoms with Crippen LogP contribution in [0.25, 0.3) is 0 Å². The molecule has 0 bridgehead atoms. The quantitative estimate of drug-likeness (QED) is 0.785. The number of aromatic nitrogens is 1. The highest BCUT2D eigenvalue weighted by Crippen LogP contribution is 2.38. The molecule has 0 aromatic carbocycles. The van der Waals surface area contributed by atoms with E-state index < -0.39 is 29.8 Å². The first-order valence-electron chi connectivity index (χ1n) is 3.79. The van der Waals surface area contributed by atoms with Crippen molar-refractivity contribution in [2.24, 2.45) is 0 Å². The summed E-state index contributed by atoms with van der Waals surface area (Å²) < 4.78 is 62.6. The van der Waals surface area contributed by atoms with Crippen LogP contribution in [-0.2, 0) is 12.1 Å². The Balaban J connectivity index is 3.31. The van der Waals surface area contributed by atoms with Crippen molar-refractivity contribution >= 4 is 0 Å². The minimum Gasteiger partial charge on any atom is -0.390 e. The second-order valence-electron chi connectivity index (χ2n) is 2.78. The molecule has 0 aliphatic heterocycles. The van der Waals surface area contributed by atoms with Gasteiger partial charge < -0.3 is 5.11 Å². The zero-order chi connectivity index (χ0) is 11.7. The molecule has 0 unspecified atom stereocenters. The first-order valence-corrected chi connectivity index (χ1v) is 3.79. The van der Waals surface area contributed by atoms with Crippen LogP contribution >= 0.6 is 0 Å². The Labute approximate surface area is 81.4 Å². The summed E-state index contributed by atoms with van der Waals surface area (Å²) in [4.78, 5) is 3.12. The van der Waals surface area contributed by atoms with E-state index in [0.717, 1.165) is 6.20 Å². The number of hydrogen-bond acceptors (Lipinski definition) is 2. The van der Waals surface area contributed by atoms with E-state index in [1.165, 1.54) is 0 Å². The number of pyridine rings is 1. The van der Waals surface area contributed by atoms with E-state index in [4.69, 9.17) is 5.11 Å². The minimum absolute atomic E-state index is 0.304. The number of aliphatic hydroxyl groups excluding tert-OH is 1. The molecule has 0 atom stereocenters. The predicted octanol–water partition coefficient (Wildman–Crippen LogP) is 2.18. The lowest BCUT2D eigenvalue weighted by Gasteiger charge is -2.18. The summed E-state index contributed by atoms with van der Waals surface area (Å²) >= 11 is 0. The van der Waals surface area contributed by atoms with Gasteiger partial charge in [-0.1, -0.05) is 0 Å². The van der Waals surface area contributed by atoms with Gasteiger partial charge in [-0.3, -0.25) is 4.98 Å².